The van der Waals surface area contributed by atoms with Gasteiger partial charge in [-0.3, -0.25) is 4.79 Å². The number of hydrogen-bond donors (Lipinski definition) is 2. The molecule has 52 heavy (non-hydrogen) atoms. The number of carbonyl (C=O) groups is 1. The Kier molecular flexibility index (Phi) is 10.4. The van der Waals surface area contributed by atoms with E-state index in [-0.39, 0.29) is 39.1 Å². The standard InChI is InChI=1S/C47H74O5/c1-8-10-11-12-21-45-29-27-43(5)35(44(45,6)28-26-41(3)24-25-42(4,40(48)49)32-38(41)45)18-22-46-36(43)19-23-47(50,37(46)13-9-2)52-39(46)31-34-16-14-33(15-17-34)20-30-51-7/h14-17,35-39,50H,8-13,18-32H2,1-7H3,(H,48,49)/t35-,36-,37+,38?,39-,41-,42+,43-,44+,45-,46+,47-/m0/s1. The van der Waals surface area contributed by atoms with E-state index in [4.69, 9.17) is 9.47 Å². The summed E-state index contributed by atoms with van der Waals surface area (Å²) in [6.07, 6.45) is 22.3. The average molecular weight is 719 g/mol. The van der Waals surface area contributed by atoms with Gasteiger partial charge >= 0.3 is 5.97 Å². The monoisotopic (exact) mass is 719 g/mol. The number of rotatable bonds is 13. The largest absolute Gasteiger partial charge is 0.481 e. The molecule has 1 unspecified atom stereocenters. The van der Waals surface area contributed by atoms with E-state index < -0.39 is 17.2 Å². The quantitative estimate of drug-likeness (QED) is 0.199. The molecule has 1 spiro atoms. The van der Waals surface area contributed by atoms with Crippen LogP contribution in [0.4, 0.5) is 0 Å². The van der Waals surface area contributed by atoms with E-state index in [0.29, 0.717) is 17.8 Å². The lowest BCUT2D eigenvalue weighted by Gasteiger charge is -2.75. The molecule has 6 fully saturated rings. The van der Waals surface area contributed by atoms with Crippen LogP contribution in [0.15, 0.2) is 24.3 Å². The van der Waals surface area contributed by atoms with Crippen molar-refractivity contribution in [3.63, 3.8) is 0 Å². The zero-order chi connectivity index (χ0) is 37.2. The Morgan fingerprint density at radius 2 is 1.54 bits per heavy atom. The highest BCUT2D eigenvalue weighted by Crippen LogP contribution is 2.81. The first kappa shape index (κ1) is 38.8. The minimum absolute atomic E-state index is 0.0175. The minimum Gasteiger partial charge on any atom is -0.481 e. The maximum Gasteiger partial charge on any atom is 0.309 e. The molecule has 7 rings (SSSR count). The molecule has 5 aliphatic carbocycles. The summed E-state index contributed by atoms with van der Waals surface area (Å²) in [6, 6.07) is 9.13. The molecular weight excluding hydrogens is 645 g/mol. The predicted molar refractivity (Wildman–Crippen MR) is 209 cm³/mol. The van der Waals surface area contributed by atoms with Gasteiger partial charge in [-0.1, -0.05) is 91.0 Å². The molecule has 12 atom stereocenters. The zero-order valence-corrected chi connectivity index (χ0v) is 34.2. The third kappa shape index (κ3) is 5.72. The van der Waals surface area contributed by atoms with Gasteiger partial charge < -0.3 is 19.7 Å². The number of benzene rings is 1. The highest BCUT2D eigenvalue weighted by Gasteiger charge is 2.77. The molecule has 5 nitrogen and oxygen atoms in total. The van der Waals surface area contributed by atoms with Crippen LogP contribution in [-0.4, -0.2) is 41.8 Å². The highest BCUT2D eigenvalue weighted by atomic mass is 16.6. The summed E-state index contributed by atoms with van der Waals surface area (Å²) in [5.74, 6) is 0.212. The fourth-order valence-electron chi connectivity index (χ4n) is 15.5. The second kappa shape index (κ2) is 13.9. The van der Waals surface area contributed by atoms with Crippen LogP contribution in [0, 0.1) is 56.2 Å². The number of aliphatic hydroxyl groups is 1. The maximum atomic E-state index is 12.9. The van der Waals surface area contributed by atoms with Crippen LogP contribution in [-0.2, 0) is 27.1 Å². The Morgan fingerprint density at radius 1 is 0.827 bits per heavy atom. The smallest absolute Gasteiger partial charge is 0.309 e. The number of aliphatic carboxylic acids is 1. The van der Waals surface area contributed by atoms with Crippen LogP contribution in [0.2, 0.25) is 0 Å². The van der Waals surface area contributed by atoms with E-state index in [9.17, 15) is 15.0 Å². The van der Waals surface area contributed by atoms with Crippen molar-refractivity contribution in [1.82, 2.24) is 0 Å². The van der Waals surface area contributed by atoms with Crippen LogP contribution < -0.4 is 0 Å². The molecule has 5 saturated carbocycles. The van der Waals surface area contributed by atoms with Gasteiger partial charge in [-0.2, -0.15) is 0 Å². The molecule has 1 aromatic rings. The lowest BCUT2D eigenvalue weighted by Crippen LogP contribution is -2.69. The normalized spacial score (nSPS) is 46.5. The maximum absolute atomic E-state index is 12.9. The molecule has 6 aliphatic rings. The average Bonchev–Trinajstić information content (AvgIpc) is 3.24. The highest BCUT2D eigenvalue weighted by molar-refractivity contribution is 5.74. The molecule has 0 aromatic heterocycles. The van der Waals surface area contributed by atoms with Gasteiger partial charge in [-0.25, -0.2) is 0 Å². The van der Waals surface area contributed by atoms with Crippen molar-refractivity contribution < 1.29 is 24.5 Å². The molecule has 2 N–H and O–H groups in total. The van der Waals surface area contributed by atoms with Crippen molar-refractivity contribution in [1.29, 1.82) is 0 Å². The number of hydrogen-bond acceptors (Lipinski definition) is 4. The fourth-order valence-corrected chi connectivity index (χ4v) is 15.5. The summed E-state index contributed by atoms with van der Waals surface area (Å²) >= 11 is 0. The molecular formula is C47H74O5. The van der Waals surface area contributed by atoms with E-state index in [2.05, 4.69) is 65.8 Å². The molecule has 1 heterocycles. The van der Waals surface area contributed by atoms with E-state index in [1.807, 2.05) is 0 Å². The molecule has 1 aliphatic heterocycles. The van der Waals surface area contributed by atoms with Gasteiger partial charge in [-0.15, -0.1) is 0 Å². The topological polar surface area (TPSA) is 76.0 Å². The van der Waals surface area contributed by atoms with Crippen LogP contribution in [0.25, 0.3) is 0 Å². The van der Waals surface area contributed by atoms with Crippen LogP contribution >= 0.6 is 0 Å². The van der Waals surface area contributed by atoms with E-state index in [1.165, 1.54) is 75.3 Å². The minimum atomic E-state index is -1.02. The Labute approximate surface area is 316 Å². The predicted octanol–water partition coefficient (Wildman–Crippen LogP) is 11.2. The van der Waals surface area contributed by atoms with Crippen LogP contribution in [0.3, 0.4) is 0 Å². The van der Waals surface area contributed by atoms with Crippen molar-refractivity contribution in [2.24, 2.45) is 56.2 Å². The molecule has 0 amide bonds. The zero-order valence-electron chi connectivity index (χ0n) is 34.2. The van der Waals surface area contributed by atoms with Gasteiger partial charge in [0.15, 0.2) is 5.79 Å². The summed E-state index contributed by atoms with van der Waals surface area (Å²) in [6.45, 7) is 15.4. The first-order chi connectivity index (χ1) is 24.7. The van der Waals surface area contributed by atoms with Crippen molar-refractivity contribution >= 4 is 5.97 Å². The number of ether oxygens (including phenoxy) is 2. The van der Waals surface area contributed by atoms with Gasteiger partial charge in [0, 0.05) is 24.9 Å². The molecule has 5 heteroatoms. The summed E-state index contributed by atoms with van der Waals surface area (Å²) in [5, 5.41) is 23.0. The Hall–Kier alpha value is -1.43. The summed E-state index contributed by atoms with van der Waals surface area (Å²) < 4.78 is 12.4. The number of carboxylic acid groups (broad SMARTS) is 1. The number of carboxylic acids is 1. The van der Waals surface area contributed by atoms with Gasteiger partial charge in [0.1, 0.15) is 0 Å². The number of fused-ring (bicyclic) bond motifs is 7. The van der Waals surface area contributed by atoms with Gasteiger partial charge in [0.2, 0.25) is 0 Å². The lowest BCUT2D eigenvalue weighted by molar-refractivity contribution is -0.276. The summed E-state index contributed by atoms with van der Waals surface area (Å²) in [7, 11) is 1.77. The second-order valence-corrected chi connectivity index (χ2v) is 20.5. The molecule has 0 radical (unpaired) electrons. The fraction of sp³-hybridized carbons (Fsp3) is 0.851. The molecule has 2 bridgehead atoms. The summed E-state index contributed by atoms with van der Waals surface area (Å²) in [5.41, 5.74) is 2.79. The van der Waals surface area contributed by atoms with Gasteiger partial charge in [0.25, 0.3) is 0 Å². The SMILES string of the molecule is CCCCCC[C@@]12CC[C@]3(C)[C@@H]4CC[C@]5(O)O[C@@H](Cc6ccc(CCOC)cc6)[C@@]4(CC[C@@H]3[C@@]1(C)CC[C@]1(C)CC[C@@](C)(C(=O)O)CC12)[C@H]5CCC. The first-order valence-electron chi connectivity index (χ1n) is 21.9. The Bertz CT molecular complexity index is 1440. The van der Waals surface area contributed by atoms with Crippen molar-refractivity contribution in [2.75, 3.05) is 13.7 Å². The summed E-state index contributed by atoms with van der Waals surface area (Å²) in [4.78, 5) is 12.9. The van der Waals surface area contributed by atoms with E-state index in [0.717, 1.165) is 70.8 Å². The van der Waals surface area contributed by atoms with Crippen molar-refractivity contribution in [3.05, 3.63) is 35.4 Å². The number of unbranched alkanes of at least 4 members (excludes halogenated alkanes) is 3. The molecule has 1 saturated heterocycles. The second-order valence-electron chi connectivity index (χ2n) is 20.5. The molecule has 1 aromatic carbocycles. The van der Waals surface area contributed by atoms with Gasteiger partial charge in [0.05, 0.1) is 18.1 Å². The Balaban J connectivity index is 1.26. The van der Waals surface area contributed by atoms with Crippen molar-refractivity contribution in [3.8, 4) is 0 Å². The van der Waals surface area contributed by atoms with Crippen LogP contribution in [0.5, 0.6) is 0 Å². The Morgan fingerprint density at radius 3 is 2.23 bits per heavy atom. The van der Waals surface area contributed by atoms with Gasteiger partial charge in [-0.05, 0) is 147 Å². The van der Waals surface area contributed by atoms with Crippen molar-refractivity contribution in [2.45, 2.75) is 182 Å². The molecule has 292 valence electrons. The van der Waals surface area contributed by atoms with E-state index >= 15 is 0 Å². The van der Waals surface area contributed by atoms with E-state index in [1.54, 1.807) is 7.11 Å². The first-order valence-corrected chi connectivity index (χ1v) is 21.9. The third-order valence-electron chi connectivity index (χ3n) is 18.3. The third-order valence-corrected chi connectivity index (χ3v) is 18.3. The number of methoxy groups -OCH3 is 1. The van der Waals surface area contributed by atoms with Crippen LogP contribution in [0.1, 0.15) is 168 Å². The lowest BCUT2D eigenvalue weighted by atomic mass is 9.28.